The molecular weight excluding hydrogens is 504 g/mol. The standard InChI is InChI=1S/C27H32N6O6/c1-15(31-25(36)19(28)12-17-14-30-20-10-6-5-9-18(17)20)24(35)32-21(11-16-7-3-2-4-8-16)26(37)33-22(27(38)39)13-23(29)34/h2-10,14-15,19,21-22,30H,11-13,28H2,1H3,(H2,29,34)(H,31,36)(H,32,35)(H,33,37)(H,38,39). The summed E-state index contributed by atoms with van der Waals surface area (Å²) in [7, 11) is 0. The van der Waals surface area contributed by atoms with Crippen LogP contribution < -0.4 is 27.4 Å². The van der Waals surface area contributed by atoms with Crippen LogP contribution in [0.15, 0.2) is 60.8 Å². The van der Waals surface area contributed by atoms with Gasteiger partial charge in [0.2, 0.25) is 23.6 Å². The lowest BCUT2D eigenvalue weighted by atomic mass is 10.0. The number of carbonyl (C=O) groups excluding carboxylic acids is 4. The molecule has 206 valence electrons. The number of carboxylic acid groups (broad SMARTS) is 1. The molecule has 0 saturated heterocycles. The normalized spacial score (nSPS) is 14.0. The molecule has 0 aliphatic heterocycles. The summed E-state index contributed by atoms with van der Waals surface area (Å²) < 4.78 is 0. The maximum absolute atomic E-state index is 13.0. The maximum Gasteiger partial charge on any atom is 0.326 e. The Bertz CT molecular complexity index is 1340. The highest BCUT2D eigenvalue weighted by molar-refractivity contribution is 5.95. The molecule has 0 spiro atoms. The quantitative estimate of drug-likeness (QED) is 0.155. The number of aromatic amines is 1. The summed E-state index contributed by atoms with van der Waals surface area (Å²) in [5.41, 5.74) is 13.7. The van der Waals surface area contributed by atoms with E-state index in [0.717, 1.165) is 16.5 Å². The second-order valence-electron chi connectivity index (χ2n) is 9.22. The molecule has 0 radical (unpaired) electrons. The topological polar surface area (TPSA) is 209 Å². The van der Waals surface area contributed by atoms with E-state index in [9.17, 15) is 29.1 Å². The molecule has 12 heteroatoms. The van der Waals surface area contributed by atoms with Crippen LogP contribution >= 0.6 is 0 Å². The van der Waals surface area contributed by atoms with E-state index in [-0.39, 0.29) is 12.8 Å². The molecule has 1 heterocycles. The van der Waals surface area contributed by atoms with E-state index in [2.05, 4.69) is 20.9 Å². The van der Waals surface area contributed by atoms with Gasteiger partial charge in [0.1, 0.15) is 18.1 Å². The van der Waals surface area contributed by atoms with Gasteiger partial charge in [-0.1, -0.05) is 48.5 Å². The monoisotopic (exact) mass is 536 g/mol. The number of benzene rings is 2. The minimum atomic E-state index is -1.56. The van der Waals surface area contributed by atoms with Crippen molar-refractivity contribution in [2.45, 2.75) is 50.4 Å². The number of carboxylic acids is 1. The Hall–Kier alpha value is -4.71. The molecule has 0 aliphatic carbocycles. The summed E-state index contributed by atoms with van der Waals surface area (Å²) in [5.74, 6) is -4.42. The summed E-state index contributed by atoms with van der Waals surface area (Å²) in [6.45, 7) is 1.44. The Morgan fingerprint density at radius 2 is 1.49 bits per heavy atom. The van der Waals surface area contributed by atoms with E-state index in [4.69, 9.17) is 11.5 Å². The van der Waals surface area contributed by atoms with E-state index in [1.807, 2.05) is 24.3 Å². The molecule has 0 saturated carbocycles. The van der Waals surface area contributed by atoms with Crippen LogP contribution in [0.1, 0.15) is 24.5 Å². The molecule has 0 aliphatic rings. The van der Waals surface area contributed by atoms with Crippen LogP contribution in [0.25, 0.3) is 10.9 Å². The first-order valence-electron chi connectivity index (χ1n) is 12.3. The third-order valence-corrected chi connectivity index (χ3v) is 6.14. The largest absolute Gasteiger partial charge is 0.480 e. The number of primary amides is 1. The average Bonchev–Trinajstić information content (AvgIpc) is 3.30. The lowest BCUT2D eigenvalue weighted by Crippen LogP contribution is -2.57. The SMILES string of the molecule is CC(NC(=O)C(N)Cc1c[nH]c2ccccc12)C(=O)NC(Cc1ccccc1)C(=O)NC(CC(N)=O)C(=O)O. The van der Waals surface area contributed by atoms with Gasteiger partial charge in [0, 0.05) is 23.5 Å². The molecule has 4 unspecified atom stereocenters. The third kappa shape index (κ3) is 8.14. The Morgan fingerprint density at radius 3 is 2.15 bits per heavy atom. The molecule has 1 aromatic heterocycles. The Kier molecular flexibility index (Phi) is 9.76. The van der Waals surface area contributed by atoms with Crippen LogP contribution in [-0.2, 0) is 36.8 Å². The highest BCUT2D eigenvalue weighted by atomic mass is 16.4. The maximum atomic E-state index is 13.0. The number of nitrogens with two attached hydrogens (primary N) is 2. The zero-order valence-corrected chi connectivity index (χ0v) is 21.3. The van der Waals surface area contributed by atoms with Gasteiger partial charge in [0.15, 0.2) is 0 Å². The first-order chi connectivity index (χ1) is 18.5. The predicted molar refractivity (Wildman–Crippen MR) is 143 cm³/mol. The van der Waals surface area contributed by atoms with Crippen molar-refractivity contribution in [1.29, 1.82) is 0 Å². The average molecular weight is 537 g/mol. The number of aliphatic carboxylic acids is 1. The van der Waals surface area contributed by atoms with E-state index < -0.39 is 60.2 Å². The van der Waals surface area contributed by atoms with Gasteiger partial charge >= 0.3 is 5.97 Å². The first kappa shape index (κ1) is 28.9. The lowest BCUT2D eigenvalue weighted by Gasteiger charge is -2.23. The van der Waals surface area contributed by atoms with Crippen molar-refractivity contribution >= 4 is 40.5 Å². The number of carbonyl (C=O) groups is 5. The Labute approximate surface area is 224 Å². The number of rotatable bonds is 13. The van der Waals surface area contributed by atoms with Gasteiger partial charge in [0.25, 0.3) is 0 Å². The molecule has 4 atom stereocenters. The molecule has 39 heavy (non-hydrogen) atoms. The number of para-hydroxylation sites is 1. The second kappa shape index (κ2) is 13.2. The second-order valence-corrected chi connectivity index (χ2v) is 9.22. The molecule has 2 aromatic carbocycles. The minimum Gasteiger partial charge on any atom is -0.480 e. The zero-order chi connectivity index (χ0) is 28.5. The summed E-state index contributed by atoms with van der Waals surface area (Å²) in [5, 5.41) is 17.6. The highest BCUT2D eigenvalue weighted by Gasteiger charge is 2.30. The number of amides is 4. The first-order valence-corrected chi connectivity index (χ1v) is 12.3. The van der Waals surface area contributed by atoms with Gasteiger partial charge in [-0.25, -0.2) is 4.79 Å². The van der Waals surface area contributed by atoms with Crippen molar-refractivity contribution in [3.05, 3.63) is 71.9 Å². The molecule has 9 N–H and O–H groups in total. The van der Waals surface area contributed by atoms with Crippen molar-refractivity contribution < 1.29 is 29.1 Å². The molecule has 0 fully saturated rings. The minimum absolute atomic E-state index is 0.0298. The van der Waals surface area contributed by atoms with Crippen molar-refractivity contribution in [2.75, 3.05) is 0 Å². The predicted octanol–water partition coefficient (Wildman–Crippen LogP) is -0.285. The molecule has 3 rings (SSSR count). The van der Waals surface area contributed by atoms with Crippen LogP contribution in [0.2, 0.25) is 0 Å². The number of H-pyrrole nitrogens is 1. The Morgan fingerprint density at radius 1 is 0.846 bits per heavy atom. The van der Waals surface area contributed by atoms with Crippen LogP contribution in [0.3, 0.4) is 0 Å². The van der Waals surface area contributed by atoms with Crippen LogP contribution in [-0.4, -0.2) is 63.9 Å². The van der Waals surface area contributed by atoms with E-state index in [0.29, 0.717) is 5.56 Å². The lowest BCUT2D eigenvalue weighted by molar-refractivity contribution is -0.143. The van der Waals surface area contributed by atoms with Crippen LogP contribution in [0.5, 0.6) is 0 Å². The van der Waals surface area contributed by atoms with Crippen molar-refractivity contribution in [1.82, 2.24) is 20.9 Å². The van der Waals surface area contributed by atoms with Gasteiger partial charge in [-0.3, -0.25) is 19.2 Å². The number of hydrogen-bond donors (Lipinski definition) is 7. The fourth-order valence-electron chi connectivity index (χ4n) is 4.05. The fraction of sp³-hybridized carbons (Fsp3) is 0.296. The Balaban J connectivity index is 1.65. The fourth-order valence-corrected chi connectivity index (χ4v) is 4.05. The zero-order valence-electron chi connectivity index (χ0n) is 21.3. The summed E-state index contributed by atoms with van der Waals surface area (Å²) in [4.78, 5) is 64.5. The number of aromatic nitrogens is 1. The third-order valence-electron chi connectivity index (χ3n) is 6.14. The van der Waals surface area contributed by atoms with Gasteiger partial charge in [-0.15, -0.1) is 0 Å². The van der Waals surface area contributed by atoms with E-state index in [1.54, 1.807) is 36.5 Å². The van der Waals surface area contributed by atoms with Gasteiger partial charge in [0.05, 0.1) is 12.5 Å². The summed E-state index contributed by atoms with van der Waals surface area (Å²) >= 11 is 0. The number of hydrogen-bond acceptors (Lipinski definition) is 6. The van der Waals surface area contributed by atoms with Gasteiger partial charge < -0.3 is 37.5 Å². The van der Waals surface area contributed by atoms with Gasteiger partial charge in [-0.05, 0) is 30.5 Å². The van der Waals surface area contributed by atoms with E-state index in [1.165, 1.54) is 6.92 Å². The number of nitrogens with one attached hydrogen (secondary N) is 4. The molecule has 12 nitrogen and oxygen atoms in total. The molecule has 4 amide bonds. The smallest absolute Gasteiger partial charge is 0.326 e. The van der Waals surface area contributed by atoms with Crippen molar-refractivity contribution in [3.63, 3.8) is 0 Å². The van der Waals surface area contributed by atoms with Crippen molar-refractivity contribution in [3.8, 4) is 0 Å². The van der Waals surface area contributed by atoms with Crippen LogP contribution in [0.4, 0.5) is 0 Å². The molecular formula is C27H32N6O6. The molecule has 0 bridgehead atoms. The van der Waals surface area contributed by atoms with Gasteiger partial charge in [-0.2, -0.15) is 0 Å². The molecule has 3 aromatic rings. The number of fused-ring (bicyclic) bond motifs is 1. The van der Waals surface area contributed by atoms with Crippen LogP contribution in [0, 0.1) is 0 Å². The van der Waals surface area contributed by atoms with Crippen molar-refractivity contribution in [2.24, 2.45) is 11.5 Å². The summed E-state index contributed by atoms with van der Waals surface area (Å²) in [6, 6.07) is 11.6. The highest BCUT2D eigenvalue weighted by Crippen LogP contribution is 2.18. The summed E-state index contributed by atoms with van der Waals surface area (Å²) in [6.07, 6.45) is 1.43. The van der Waals surface area contributed by atoms with E-state index >= 15 is 0 Å².